The summed E-state index contributed by atoms with van der Waals surface area (Å²) in [5, 5.41) is 0. The zero-order valence-electron chi connectivity index (χ0n) is 12.1. The van der Waals surface area contributed by atoms with Crippen molar-refractivity contribution in [1.29, 1.82) is 0 Å². The van der Waals surface area contributed by atoms with E-state index in [-0.39, 0.29) is 18.0 Å². The molecule has 1 aliphatic carbocycles. The molecule has 19 heavy (non-hydrogen) atoms. The van der Waals surface area contributed by atoms with E-state index in [1.54, 1.807) is 0 Å². The second-order valence-electron chi connectivity index (χ2n) is 5.60. The predicted molar refractivity (Wildman–Crippen MR) is 74.8 cm³/mol. The molecular formula is C16H23NO2. The number of hydrogen-bond donors (Lipinski definition) is 0. The van der Waals surface area contributed by atoms with Crippen molar-refractivity contribution < 1.29 is 9.53 Å². The molecule has 0 spiro atoms. The lowest BCUT2D eigenvalue weighted by Crippen LogP contribution is -2.21. The highest BCUT2D eigenvalue weighted by molar-refractivity contribution is 5.72. The molecule has 1 atom stereocenters. The Morgan fingerprint density at radius 3 is 2.37 bits per heavy atom. The highest BCUT2D eigenvalue weighted by Crippen LogP contribution is 2.27. The van der Waals surface area contributed by atoms with Crippen LogP contribution in [0.15, 0.2) is 12.1 Å². The summed E-state index contributed by atoms with van der Waals surface area (Å²) < 4.78 is 5.62. The summed E-state index contributed by atoms with van der Waals surface area (Å²) in [6.45, 7) is 5.87. The van der Waals surface area contributed by atoms with Crippen LogP contribution >= 0.6 is 0 Å². The second-order valence-corrected chi connectivity index (χ2v) is 5.60. The van der Waals surface area contributed by atoms with Crippen LogP contribution in [-0.2, 0) is 9.53 Å². The van der Waals surface area contributed by atoms with E-state index < -0.39 is 0 Å². The van der Waals surface area contributed by atoms with Gasteiger partial charge in [0.25, 0.3) is 0 Å². The lowest BCUT2D eigenvalue weighted by Gasteiger charge is -2.22. The molecule has 1 fully saturated rings. The summed E-state index contributed by atoms with van der Waals surface area (Å²) in [6, 6.07) is 3.98. The first-order valence-electron chi connectivity index (χ1n) is 7.22. The molecule has 1 heterocycles. The molecular weight excluding hydrogens is 238 g/mol. The van der Waals surface area contributed by atoms with E-state index in [1.165, 1.54) is 6.42 Å². The highest BCUT2D eigenvalue weighted by atomic mass is 16.5. The SMILES string of the molecule is Cc1cc(C(C)OC(=O)C2CCCCC2)cc(C)n1. The summed E-state index contributed by atoms with van der Waals surface area (Å²) in [5.74, 6) is 0.0829. The van der Waals surface area contributed by atoms with Crippen LogP contribution in [0.1, 0.15) is 62.1 Å². The summed E-state index contributed by atoms with van der Waals surface area (Å²) in [7, 11) is 0. The van der Waals surface area contributed by atoms with Gasteiger partial charge in [-0.15, -0.1) is 0 Å². The van der Waals surface area contributed by atoms with Crippen LogP contribution in [0.25, 0.3) is 0 Å². The zero-order valence-corrected chi connectivity index (χ0v) is 12.1. The van der Waals surface area contributed by atoms with Crippen LogP contribution in [0.5, 0.6) is 0 Å². The van der Waals surface area contributed by atoms with E-state index in [0.29, 0.717) is 0 Å². The fourth-order valence-electron chi connectivity index (χ4n) is 2.78. The minimum Gasteiger partial charge on any atom is -0.458 e. The first-order chi connectivity index (χ1) is 9.06. The maximum atomic E-state index is 12.1. The highest BCUT2D eigenvalue weighted by Gasteiger charge is 2.24. The molecule has 1 aromatic rings. The van der Waals surface area contributed by atoms with Gasteiger partial charge in [0.2, 0.25) is 0 Å². The molecule has 1 saturated carbocycles. The van der Waals surface area contributed by atoms with E-state index in [0.717, 1.165) is 42.6 Å². The summed E-state index contributed by atoms with van der Waals surface area (Å²) >= 11 is 0. The molecule has 1 aromatic heterocycles. The van der Waals surface area contributed by atoms with E-state index in [1.807, 2.05) is 32.9 Å². The topological polar surface area (TPSA) is 39.2 Å². The quantitative estimate of drug-likeness (QED) is 0.775. The van der Waals surface area contributed by atoms with Crippen LogP contribution in [0, 0.1) is 19.8 Å². The Morgan fingerprint density at radius 2 is 1.79 bits per heavy atom. The Labute approximate surface area is 115 Å². The average Bonchev–Trinajstić information content (AvgIpc) is 2.38. The van der Waals surface area contributed by atoms with Crippen LogP contribution in [0.4, 0.5) is 0 Å². The average molecular weight is 261 g/mol. The van der Waals surface area contributed by atoms with Crippen LogP contribution in [0.2, 0.25) is 0 Å². The molecule has 104 valence electrons. The van der Waals surface area contributed by atoms with Crippen molar-refractivity contribution in [3.8, 4) is 0 Å². The number of nitrogens with zero attached hydrogens (tertiary/aromatic N) is 1. The van der Waals surface area contributed by atoms with Gasteiger partial charge in [0.05, 0.1) is 5.92 Å². The maximum absolute atomic E-state index is 12.1. The second kappa shape index (κ2) is 6.18. The maximum Gasteiger partial charge on any atom is 0.309 e. The fraction of sp³-hybridized carbons (Fsp3) is 0.625. The van der Waals surface area contributed by atoms with Crippen LogP contribution in [0.3, 0.4) is 0 Å². The van der Waals surface area contributed by atoms with E-state index in [4.69, 9.17) is 4.74 Å². The number of hydrogen-bond acceptors (Lipinski definition) is 3. The van der Waals surface area contributed by atoms with Gasteiger partial charge in [-0.05, 0) is 51.3 Å². The lowest BCUT2D eigenvalue weighted by atomic mass is 9.89. The van der Waals surface area contributed by atoms with Crippen molar-refractivity contribution in [2.24, 2.45) is 5.92 Å². The number of carbonyl (C=O) groups is 1. The summed E-state index contributed by atoms with van der Waals surface area (Å²) in [5.41, 5.74) is 2.97. The number of carbonyl (C=O) groups excluding carboxylic acids is 1. The molecule has 0 bridgehead atoms. The third kappa shape index (κ3) is 3.79. The molecule has 0 aromatic carbocycles. The third-order valence-electron chi connectivity index (χ3n) is 3.80. The van der Waals surface area contributed by atoms with Crippen LogP contribution < -0.4 is 0 Å². The van der Waals surface area contributed by atoms with Crippen molar-refractivity contribution in [2.45, 2.75) is 59.0 Å². The van der Waals surface area contributed by atoms with Gasteiger partial charge in [-0.3, -0.25) is 9.78 Å². The van der Waals surface area contributed by atoms with Gasteiger partial charge < -0.3 is 4.74 Å². The summed E-state index contributed by atoms with van der Waals surface area (Å²) in [6.07, 6.45) is 5.35. The smallest absolute Gasteiger partial charge is 0.309 e. The third-order valence-corrected chi connectivity index (χ3v) is 3.80. The first-order valence-corrected chi connectivity index (χ1v) is 7.22. The largest absolute Gasteiger partial charge is 0.458 e. The minimum absolute atomic E-state index is 0.0284. The number of esters is 1. The van der Waals surface area contributed by atoms with Gasteiger partial charge in [-0.2, -0.15) is 0 Å². The fourth-order valence-corrected chi connectivity index (χ4v) is 2.78. The Hall–Kier alpha value is -1.38. The minimum atomic E-state index is -0.185. The van der Waals surface area contributed by atoms with Crippen molar-refractivity contribution in [3.63, 3.8) is 0 Å². The first kappa shape index (κ1) is 14.0. The van der Waals surface area contributed by atoms with Crippen molar-refractivity contribution >= 4 is 5.97 Å². The van der Waals surface area contributed by atoms with Gasteiger partial charge in [-0.25, -0.2) is 0 Å². The Kier molecular flexibility index (Phi) is 4.56. The van der Waals surface area contributed by atoms with Gasteiger partial charge in [0.15, 0.2) is 0 Å². The standard InChI is InChI=1S/C16H23NO2/c1-11-9-15(10-12(2)17-11)13(3)19-16(18)14-7-5-4-6-8-14/h9-10,13-14H,4-8H2,1-3H3. The van der Waals surface area contributed by atoms with Crippen molar-refractivity contribution in [2.75, 3.05) is 0 Å². The lowest BCUT2D eigenvalue weighted by molar-refractivity contribution is -0.154. The van der Waals surface area contributed by atoms with E-state index in [2.05, 4.69) is 4.98 Å². The Morgan fingerprint density at radius 1 is 1.21 bits per heavy atom. The molecule has 0 aliphatic heterocycles. The van der Waals surface area contributed by atoms with E-state index in [9.17, 15) is 4.79 Å². The zero-order chi connectivity index (χ0) is 13.8. The van der Waals surface area contributed by atoms with Gasteiger partial charge in [0, 0.05) is 11.4 Å². The normalized spacial score (nSPS) is 18.1. The molecule has 0 saturated heterocycles. The number of ether oxygens (including phenoxy) is 1. The van der Waals surface area contributed by atoms with E-state index >= 15 is 0 Å². The van der Waals surface area contributed by atoms with Gasteiger partial charge >= 0.3 is 5.97 Å². The Balaban J connectivity index is 1.99. The van der Waals surface area contributed by atoms with Gasteiger partial charge in [-0.1, -0.05) is 19.3 Å². The molecule has 3 heteroatoms. The molecule has 0 N–H and O–H groups in total. The molecule has 0 radical (unpaired) electrons. The predicted octanol–water partition coefficient (Wildman–Crippen LogP) is 3.88. The van der Waals surface area contributed by atoms with Crippen LogP contribution in [-0.4, -0.2) is 11.0 Å². The Bertz CT molecular complexity index is 430. The summed E-state index contributed by atoms with van der Waals surface area (Å²) in [4.78, 5) is 16.5. The van der Waals surface area contributed by atoms with Crippen molar-refractivity contribution in [3.05, 3.63) is 29.1 Å². The molecule has 2 rings (SSSR count). The molecule has 0 amide bonds. The van der Waals surface area contributed by atoms with Gasteiger partial charge in [0.1, 0.15) is 6.10 Å². The number of aromatic nitrogens is 1. The van der Waals surface area contributed by atoms with Crippen molar-refractivity contribution in [1.82, 2.24) is 4.98 Å². The number of pyridine rings is 1. The molecule has 3 nitrogen and oxygen atoms in total. The molecule has 1 aliphatic rings. The molecule has 1 unspecified atom stereocenters. The monoisotopic (exact) mass is 261 g/mol. The number of rotatable bonds is 3. The number of aryl methyl sites for hydroxylation is 2.